The van der Waals surface area contributed by atoms with Gasteiger partial charge in [-0.25, -0.2) is 0 Å². The first-order chi connectivity index (χ1) is 31.0. The lowest BCUT2D eigenvalue weighted by atomic mass is 10.0. The van der Waals surface area contributed by atoms with E-state index in [0.29, 0.717) is 25.9 Å². The van der Waals surface area contributed by atoms with Crippen molar-refractivity contribution in [2.45, 2.75) is 328 Å². The van der Waals surface area contributed by atoms with Crippen molar-refractivity contribution < 1.29 is 24.5 Å². The maximum Gasteiger partial charge on any atom is 0.305 e. The lowest BCUT2D eigenvalue weighted by Gasteiger charge is -2.22. The van der Waals surface area contributed by atoms with Crippen LogP contribution >= 0.6 is 0 Å². The predicted molar refractivity (Wildman–Crippen MR) is 273 cm³/mol. The molecule has 2 unspecified atom stereocenters. The van der Waals surface area contributed by atoms with Gasteiger partial charge in [0.2, 0.25) is 5.91 Å². The van der Waals surface area contributed by atoms with E-state index < -0.39 is 12.1 Å². The van der Waals surface area contributed by atoms with Crippen LogP contribution in [0.15, 0.2) is 12.2 Å². The molecule has 0 bridgehead atoms. The number of aliphatic hydroxyl groups is 2. The highest BCUT2D eigenvalue weighted by Gasteiger charge is 2.20. The number of hydrogen-bond acceptors (Lipinski definition) is 5. The van der Waals surface area contributed by atoms with E-state index in [1.807, 2.05) is 0 Å². The molecule has 0 aliphatic carbocycles. The van der Waals surface area contributed by atoms with Crippen molar-refractivity contribution in [3.05, 3.63) is 12.2 Å². The van der Waals surface area contributed by atoms with E-state index in [-0.39, 0.29) is 18.5 Å². The van der Waals surface area contributed by atoms with Crippen LogP contribution in [0.4, 0.5) is 0 Å². The van der Waals surface area contributed by atoms with Crippen LogP contribution in [0.25, 0.3) is 0 Å². The van der Waals surface area contributed by atoms with Crippen molar-refractivity contribution in [3.63, 3.8) is 0 Å². The van der Waals surface area contributed by atoms with E-state index in [1.165, 1.54) is 225 Å². The molecule has 374 valence electrons. The summed E-state index contributed by atoms with van der Waals surface area (Å²) in [6.07, 6.45) is 61.9. The van der Waals surface area contributed by atoms with Gasteiger partial charge in [-0.05, 0) is 51.4 Å². The Balaban J connectivity index is 3.45. The molecule has 0 heterocycles. The van der Waals surface area contributed by atoms with Crippen molar-refractivity contribution in [2.75, 3.05) is 13.2 Å². The molecular weight excluding hydrogens is 779 g/mol. The molecule has 63 heavy (non-hydrogen) atoms. The van der Waals surface area contributed by atoms with E-state index in [1.54, 1.807) is 0 Å². The van der Waals surface area contributed by atoms with Crippen molar-refractivity contribution in [3.8, 4) is 0 Å². The average molecular weight is 891 g/mol. The number of esters is 1. The van der Waals surface area contributed by atoms with Crippen molar-refractivity contribution in [1.82, 2.24) is 5.32 Å². The minimum absolute atomic E-state index is 0.0157. The summed E-state index contributed by atoms with van der Waals surface area (Å²) in [5.74, 6) is -0.0639. The van der Waals surface area contributed by atoms with Crippen LogP contribution in [0.2, 0.25) is 0 Å². The third-order valence-electron chi connectivity index (χ3n) is 13.3. The van der Waals surface area contributed by atoms with E-state index in [4.69, 9.17) is 4.74 Å². The number of aliphatic hydroxyl groups excluding tert-OH is 2. The fourth-order valence-corrected chi connectivity index (χ4v) is 8.93. The topological polar surface area (TPSA) is 95.9 Å². The van der Waals surface area contributed by atoms with E-state index in [2.05, 4.69) is 31.3 Å². The molecule has 3 N–H and O–H groups in total. The number of hydrogen-bond donors (Lipinski definition) is 3. The Morgan fingerprint density at radius 3 is 1.13 bits per heavy atom. The van der Waals surface area contributed by atoms with Gasteiger partial charge in [-0.15, -0.1) is 0 Å². The molecule has 0 saturated carbocycles. The van der Waals surface area contributed by atoms with Crippen LogP contribution in [0.5, 0.6) is 0 Å². The van der Waals surface area contributed by atoms with Gasteiger partial charge in [-0.2, -0.15) is 0 Å². The normalized spacial score (nSPS) is 12.6. The minimum atomic E-state index is -0.674. The van der Waals surface area contributed by atoms with Gasteiger partial charge < -0.3 is 20.3 Å². The second-order valence-corrected chi connectivity index (χ2v) is 19.6. The molecule has 0 spiro atoms. The number of amides is 1. The molecule has 0 saturated heterocycles. The third-order valence-corrected chi connectivity index (χ3v) is 13.3. The third kappa shape index (κ3) is 49.9. The lowest BCUT2D eigenvalue weighted by molar-refractivity contribution is -0.143. The van der Waals surface area contributed by atoms with Crippen LogP contribution in [0.3, 0.4) is 0 Å². The standard InChI is InChI=1S/C57H111NO5/c1-3-5-7-9-11-13-15-17-19-21-22-23-25-29-33-37-41-45-49-55(60)54(53-59)58-56(61)50-46-42-38-34-30-27-28-32-36-40-44-48-52-63-57(62)51-47-43-39-35-31-26-24-20-18-16-14-12-10-8-6-4-2/h20,24,54-55,59-60H,3-19,21-23,25-53H2,1-2H3,(H,58,61)/b24-20-. The Bertz CT molecular complexity index is 939. The van der Waals surface area contributed by atoms with E-state index in [9.17, 15) is 19.8 Å². The number of unbranched alkanes of at least 4 members (excludes halogenated alkanes) is 40. The summed E-state index contributed by atoms with van der Waals surface area (Å²) in [4.78, 5) is 24.5. The number of ether oxygens (including phenoxy) is 1. The van der Waals surface area contributed by atoms with Gasteiger partial charge in [0.25, 0.3) is 0 Å². The summed E-state index contributed by atoms with van der Waals surface area (Å²) in [6, 6.07) is -0.553. The van der Waals surface area contributed by atoms with Crippen LogP contribution in [-0.4, -0.2) is 47.4 Å². The summed E-state index contributed by atoms with van der Waals surface area (Å²) in [5, 5.41) is 23.3. The van der Waals surface area contributed by atoms with Crippen molar-refractivity contribution >= 4 is 11.9 Å². The number of allylic oxidation sites excluding steroid dienone is 2. The first kappa shape index (κ1) is 61.6. The van der Waals surface area contributed by atoms with Crippen molar-refractivity contribution in [1.29, 1.82) is 0 Å². The average Bonchev–Trinajstić information content (AvgIpc) is 3.28. The molecule has 6 nitrogen and oxygen atoms in total. The summed E-state index contributed by atoms with van der Waals surface area (Å²) >= 11 is 0. The molecule has 2 atom stereocenters. The second kappa shape index (κ2) is 53.2. The van der Waals surface area contributed by atoms with Crippen LogP contribution in [-0.2, 0) is 14.3 Å². The molecule has 0 aromatic carbocycles. The first-order valence-corrected chi connectivity index (χ1v) is 28.4. The minimum Gasteiger partial charge on any atom is -0.466 e. The number of nitrogens with one attached hydrogen (secondary N) is 1. The summed E-state index contributed by atoms with van der Waals surface area (Å²) < 4.78 is 5.47. The Hall–Kier alpha value is -1.40. The molecule has 0 aromatic rings. The molecule has 0 aliphatic heterocycles. The van der Waals surface area contributed by atoms with Gasteiger partial charge in [0, 0.05) is 12.8 Å². The summed E-state index contributed by atoms with van der Waals surface area (Å²) in [6.45, 7) is 4.93. The zero-order valence-corrected chi connectivity index (χ0v) is 42.6. The van der Waals surface area contributed by atoms with Gasteiger partial charge in [-0.3, -0.25) is 9.59 Å². The van der Waals surface area contributed by atoms with E-state index in [0.717, 1.165) is 57.8 Å². The maximum atomic E-state index is 12.5. The highest BCUT2D eigenvalue weighted by Crippen LogP contribution is 2.17. The highest BCUT2D eigenvalue weighted by molar-refractivity contribution is 5.76. The smallest absolute Gasteiger partial charge is 0.305 e. The van der Waals surface area contributed by atoms with Crippen LogP contribution in [0, 0.1) is 0 Å². The largest absolute Gasteiger partial charge is 0.466 e. The van der Waals surface area contributed by atoms with Gasteiger partial charge in [0.1, 0.15) is 0 Å². The molecule has 0 fully saturated rings. The number of rotatable bonds is 53. The Morgan fingerprint density at radius 1 is 0.429 bits per heavy atom. The summed E-state index contributed by atoms with van der Waals surface area (Å²) in [5.41, 5.74) is 0. The molecule has 1 amide bonds. The zero-order chi connectivity index (χ0) is 45.8. The number of carbonyl (C=O) groups is 2. The Labute approximate surface area is 393 Å². The zero-order valence-electron chi connectivity index (χ0n) is 42.6. The number of carbonyl (C=O) groups excluding carboxylic acids is 2. The fourth-order valence-electron chi connectivity index (χ4n) is 8.93. The Kier molecular flexibility index (Phi) is 52.0. The van der Waals surface area contributed by atoms with Crippen molar-refractivity contribution in [2.24, 2.45) is 0 Å². The SMILES string of the molecule is CCCCCCCCC/C=C\CCCCCCCC(=O)OCCCCCCCCCCCCCCC(=O)NC(CO)C(O)CCCCCCCCCCCCCCCCCCCC. The van der Waals surface area contributed by atoms with Crippen LogP contribution in [0.1, 0.15) is 316 Å². The molecular formula is C57H111NO5. The second-order valence-electron chi connectivity index (χ2n) is 19.6. The van der Waals surface area contributed by atoms with Gasteiger partial charge in [-0.1, -0.05) is 264 Å². The predicted octanol–water partition coefficient (Wildman–Crippen LogP) is 17.3. The van der Waals surface area contributed by atoms with E-state index >= 15 is 0 Å². The van der Waals surface area contributed by atoms with Gasteiger partial charge in [0.15, 0.2) is 0 Å². The molecule has 0 rings (SSSR count). The monoisotopic (exact) mass is 890 g/mol. The maximum absolute atomic E-state index is 12.5. The summed E-state index contributed by atoms with van der Waals surface area (Å²) in [7, 11) is 0. The van der Waals surface area contributed by atoms with Gasteiger partial charge >= 0.3 is 5.97 Å². The molecule has 6 heteroatoms. The first-order valence-electron chi connectivity index (χ1n) is 28.4. The quantitative estimate of drug-likeness (QED) is 0.0321. The molecule has 0 aliphatic rings. The molecule has 0 aromatic heterocycles. The van der Waals surface area contributed by atoms with Crippen LogP contribution < -0.4 is 5.32 Å². The fraction of sp³-hybridized carbons (Fsp3) is 0.930. The lowest BCUT2D eigenvalue weighted by Crippen LogP contribution is -2.45. The Morgan fingerprint density at radius 2 is 0.746 bits per heavy atom. The molecule has 0 radical (unpaired) electrons. The van der Waals surface area contributed by atoms with Gasteiger partial charge in [0.05, 0.1) is 25.4 Å². The highest BCUT2D eigenvalue weighted by atomic mass is 16.5.